The van der Waals surface area contributed by atoms with Gasteiger partial charge in [-0.2, -0.15) is 0 Å². The Labute approximate surface area is 159 Å². The Hall–Kier alpha value is -2.69. The topological polar surface area (TPSA) is 50.8 Å². The normalized spacial score (nSPS) is 26.5. The number of anilines is 2. The third kappa shape index (κ3) is 2.64. The van der Waals surface area contributed by atoms with Crippen LogP contribution in [0.5, 0.6) is 11.5 Å². The van der Waals surface area contributed by atoms with Crippen LogP contribution in [0.2, 0.25) is 0 Å². The van der Waals surface area contributed by atoms with Gasteiger partial charge in [-0.05, 0) is 55.9 Å². The molecule has 5 rings (SSSR count). The van der Waals surface area contributed by atoms with Crippen molar-refractivity contribution in [1.82, 2.24) is 0 Å². The number of benzene rings is 2. The van der Waals surface area contributed by atoms with E-state index in [1.54, 1.807) is 0 Å². The van der Waals surface area contributed by atoms with Crippen molar-refractivity contribution >= 4 is 17.3 Å². The first-order valence-corrected chi connectivity index (χ1v) is 9.78. The van der Waals surface area contributed by atoms with Gasteiger partial charge < -0.3 is 14.8 Å². The van der Waals surface area contributed by atoms with Crippen LogP contribution in [-0.4, -0.2) is 24.8 Å². The van der Waals surface area contributed by atoms with Crippen molar-refractivity contribution in [3.8, 4) is 11.5 Å². The van der Waals surface area contributed by atoms with Crippen LogP contribution in [0.25, 0.3) is 0 Å². The Morgan fingerprint density at radius 1 is 1.04 bits per heavy atom. The Morgan fingerprint density at radius 3 is 2.59 bits per heavy atom. The molecule has 5 nitrogen and oxygen atoms in total. The van der Waals surface area contributed by atoms with E-state index in [9.17, 15) is 4.79 Å². The van der Waals surface area contributed by atoms with Gasteiger partial charge in [-0.1, -0.05) is 19.1 Å². The third-order valence-electron chi connectivity index (χ3n) is 6.04. The highest BCUT2D eigenvalue weighted by Gasteiger charge is 2.47. The van der Waals surface area contributed by atoms with E-state index in [2.05, 4.69) is 12.2 Å². The van der Waals surface area contributed by atoms with Gasteiger partial charge in [0.15, 0.2) is 11.5 Å². The summed E-state index contributed by atoms with van der Waals surface area (Å²) in [5.74, 6) is 2.20. The molecule has 1 fully saturated rings. The highest BCUT2D eigenvalue weighted by molar-refractivity contribution is 6.13. The molecule has 0 atom stereocenters. The molecule has 1 amide bonds. The van der Waals surface area contributed by atoms with Gasteiger partial charge in [0.2, 0.25) is 0 Å². The zero-order valence-corrected chi connectivity index (χ0v) is 15.5. The van der Waals surface area contributed by atoms with Crippen molar-refractivity contribution in [2.45, 2.75) is 38.3 Å². The number of carbonyl (C=O) groups excluding carboxylic acids is 1. The fraction of sp³-hybridized carbons (Fsp3) is 0.409. The maximum absolute atomic E-state index is 13.6. The summed E-state index contributed by atoms with van der Waals surface area (Å²) >= 11 is 0. The number of ether oxygens (including phenoxy) is 2. The van der Waals surface area contributed by atoms with E-state index >= 15 is 0 Å². The number of nitrogens with zero attached hydrogens (tertiary/aromatic N) is 1. The molecule has 5 heteroatoms. The number of rotatable bonds is 1. The second-order valence-electron chi connectivity index (χ2n) is 7.85. The molecule has 1 saturated carbocycles. The number of nitrogens with one attached hydrogen (secondary N) is 1. The van der Waals surface area contributed by atoms with Gasteiger partial charge in [-0.25, -0.2) is 0 Å². The van der Waals surface area contributed by atoms with Gasteiger partial charge >= 0.3 is 0 Å². The molecule has 2 heterocycles. The zero-order chi connectivity index (χ0) is 18.4. The number of carbonyl (C=O) groups is 1. The minimum Gasteiger partial charge on any atom is -0.486 e. The van der Waals surface area contributed by atoms with E-state index in [0.717, 1.165) is 48.4 Å². The zero-order valence-electron chi connectivity index (χ0n) is 15.5. The molecule has 0 radical (unpaired) electrons. The minimum absolute atomic E-state index is 0.0515. The van der Waals surface area contributed by atoms with E-state index in [4.69, 9.17) is 9.47 Å². The second-order valence-corrected chi connectivity index (χ2v) is 7.85. The summed E-state index contributed by atoms with van der Waals surface area (Å²) in [4.78, 5) is 15.5. The van der Waals surface area contributed by atoms with E-state index in [0.29, 0.717) is 24.9 Å². The molecule has 1 spiro atoms. The van der Waals surface area contributed by atoms with Crippen molar-refractivity contribution < 1.29 is 14.3 Å². The summed E-state index contributed by atoms with van der Waals surface area (Å²) in [5.41, 5.74) is 2.13. The van der Waals surface area contributed by atoms with E-state index in [1.807, 2.05) is 47.4 Å². The van der Waals surface area contributed by atoms with Crippen LogP contribution in [0.15, 0.2) is 42.5 Å². The molecule has 2 aromatic rings. The Morgan fingerprint density at radius 2 is 1.78 bits per heavy atom. The lowest BCUT2D eigenvalue weighted by molar-refractivity contribution is 0.0930. The van der Waals surface area contributed by atoms with Crippen molar-refractivity contribution in [2.24, 2.45) is 5.92 Å². The maximum Gasteiger partial charge on any atom is 0.262 e. The van der Waals surface area contributed by atoms with Crippen LogP contribution in [0, 0.1) is 5.92 Å². The van der Waals surface area contributed by atoms with E-state index < -0.39 is 0 Å². The predicted octanol–water partition coefficient (Wildman–Crippen LogP) is 4.44. The van der Waals surface area contributed by atoms with Crippen molar-refractivity contribution in [3.63, 3.8) is 0 Å². The molecule has 2 aliphatic heterocycles. The molecular formula is C22H24N2O3. The van der Waals surface area contributed by atoms with Crippen molar-refractivity contribution in [2.75, 3.05) is 23.4 Å². The maximum atomic E-state index is 13.6. The fourth-order valence-electron chi connectivity index (χ4n) is 4.52. The first-order valence-electron chi connectivity index (χ1n) is 9.78. The first kappa shape index (κ1) is 16.5. The summed E-state index contributed by atoms with van der Waals surface area (Å²) in [6.07, 6.45) is 4.07. The van der Waals surface area contributed by atoms with Crippen molar-refractivity contribution in [3.05, 3.63) is 48.0 Å². The smallest absolute Gasteiger partial charge is 0.262 e. The largest absolute Gasteiger partial charge is 0.486 e. The summed E-state index contributed by atoms with van der Waals surface area (Å²) < 4.78 is 11.4. The number of para-hydroxylation sites is 1. The molecule has 0 unspecified atom stereocenters. The van der Waals surface area contributed by atoms with Crippen LogP contribution in [0.4, 0.5) is 11.4 Å². The third-order valence-corrected chi connectivity index (χ3v) is 6.04. The summed E-state index contributed by atoms with van der Waals surface area (Å²) in [5, 5.41) is 3.72. The second kappa shape index (κ2) is 6.19. The van der Waals surface area contributed by atoms with Crippen LogP contribution in [0.3, 0.4) is 0 Å². The van der Waals surface area contributed by atoms with Gasteiger partial charge in [-0.3, -0.25) is 9.69 Å². The monoisotopic (exact) mass is 364 g/mol. The highest BCUT2D eigenvalue weighted by atomic mass is 16.6. The lowest BCUT2D eigenvalue weighted by atomic mass is 9.79. The molecule has 1 N–H and O–H groups in total. The Bertz CT molecular complexity index is 887. The van der Waals surface area contributed by atoms with Gasteiger partial charge in [0.25, 0.3) is 5.91 Å². The first-order chi connectivity index (χ1) is 13.2. The molecule has 2 aromatic carbocycles. The van der Waals surface area contributed by atoms with Gasteiger partial charge in [-0.15, -0.1) is 0 Å². The molecular weight excluding hydrogens is 340 g/mol. The van der Waals surface area contributed by atoms with Crippen LogP contribution in [-0.2, 0) is 0 Å². The van der Waals surface area contributed by atoms with Gasteiger partial charge in [0, 0.05) is 11.8 Å². The number of amides is 1. The average Bonchev–Trinajstić information content (AvgIpc) is 2.70. The van der Waals surface area contributed by atoms with Gasteiger partial charge in [0.05, 0.1) is 11.3 Å². The molecule has 27 heavy (non-hydrogen) atoms. The van der Waals surface area contributed by atoms with Crippen molar-refractivity contribution in [1.29, 1.82) is 0 Å². The molecule has 140 valence electrons. The summed E-state index contributed by atoms with van der Waals surface area (Å²) in [7, 11) is 0. The summed E-state index contributed by atoms with van der Waals surface area (Å²) in [6, 6.07) is 13.6. The number of hydrogen-bond donors (Lipinski definition) is 1. The van der Waals surface area contributed by atoms with Crippen LogP contribution in [0.1, 0.15) is 43.0 Å². The highest BCUT2D eigenvalue weighted by Crippen LogP contribution is 2.45. The molecule has 3 aliphatic rings. The standard InChI is InChI=1S/C22H24N2O3/c1-15-8-10-22(11-9-15)23-18-5-3-2-4-17(18)21(25)24(22)16-6-7-19-20(14-16)27-13-12-26-19/h2-7,14-15,23H,8-13H2,1H3. The van der Waals surface area contributed by atoms with Gasteiger partial charge in [0.1, 0.15) is 18.9 Å². The van der Waals surface area contributed by atoms with E-state index in [1.165, 1.54) is 0 Å². The Balaban J connectivity index is 1.62. The average molecular weight is 364 g/mol. The Kier molecular flexibility index (Phi) is 3.78. The lowest BCUT2D eigenvalue weighted by Crippen LogP contribution is -2.61. The minimum atomic E-state index is -0.387. The number of hydrogen-bond acceptors (Lipinski definition) is 4. The van der Waals surface area contributed by atoms with Crippen LogP contribution >= 0.6 is 0 Å². The number of fused-ring (bicyclic) bond motifs is 2. The SMILES string of the molecule is CC1CCC2(CC1)Nc1ccccc1C(=O)N2c1ccc2c(c1)OCCO2. The molecule has 0 bridgehead atoms. The molecule has 1 aliphatic carbocycles. The fourth-order valence-corrected chi connectivity index (χ4v) is 4.52. The summed E-state index contributed by atoms with van der Waals surface area (Å²) in [6.45, 7) is 3.39. The quantitative estimate of drug-likeness (QED) is 0.813. The molecule has 0 aromatic heterocycles. The van der Waals surface area contributed by atoms with E-state index in [-0.39, 0.29) is 11.6 Å². The predicted molar refractivity (Wildman–Crippen MR) is 105 cm³/mol. The van der Waals surface area contributed by atoms with Crippen LogP contribution < -0.4 is 19.7 Å². The molecule has 0 saturated heterocycles. The lowest BCUT2D eigenvalue weighted by Gasteiger charge is -2.51.